The number of thiophene rings is 1. The lowest BCUT2D eigenvalue weighted by Crippen LogP contribution is -1.89. The van der Waals surface area contributed by atoms with Crippen molar-refractivity contribution in [1.29, 1.82) is 0 Å². The van der Waals surface area contributed by atoms with Gasteiger partial charge in [-0.2, -0.15) is 0 Å². The average Bonchev–Trinajstić information content (AvgIpc) is 3.57. The molecule has 2 nitrogen and oxygen atoms in total. The summed E-state index contributed by atoms with van der Waals surface area (Å²) in [4.78, 5) is 9.46. The van der Waals surface area contributed by atoms with Crippen molar-refractivity contribution in [3.8, 4) is 44.5 Å². The van der Waals surface area contributed by atoms with Crippen molar-refractivity contribution in [3.05, 3.63) is 170 Å². The fraction of sp³-hybridized carbons (Fsp3) is 0. The highest BCUT2D eigenvalue weighted by molar-refractivity contribution is 7.26. The average molecular weight is 641 g/mol. The van der Waals surface area contributed by atoms with E-state index in [4.69, 9.17) is 9.97 Å². The lowest BCUT2D eigenvalue weighted by Gasteiger charge is -2.12. The summed E-state index contributed by atoms with van der Waals surface area (Å²) in [7, 11) is 0. The van der Waals surface area contributed by atoms with Crippen LogP contribution in [0.3, 0.4) is 0 Å². The maximum absolute atomic E-state index is 4.75. The zero-order valence-corrected chi connectivity index (χ0v) is 27.3. The van der Waals surface area contributed by atoms with Crippen molar-refractivity contribution >= 4 is 64.1 Å². The molecule has 0 aliphatic carbocycles. The van der Waals surface area contributed by atoms with Gasteiger partial charge in [0, 0.05) is 48.9 Å². The van der Waals surface area contributed by atoms with E-state index in [1.807, 2.05) is 11.3 Å². The van der Waals surface area contributed by atoms with Crippen LogP contribution in [0.2, 0.25) is 0 Å². The normalized spacial score (nSPS) is 11.7. The Balaban J connectivity index is 1.17. The number of rotatable bonds is 4. The van der Waals surface area contributed by atoms with Crippen LogP contribution in [-0.4, -0.2) is 9.97 Å². The Hall–Kier alpha value is -6.16. The van der Waals surface area contributed by atoms with Gasteiger partial charge in [0.15, 0.2) is 0 Å². The molecule has 0 radical (unpaired) electrons. The Bertz CT molecular complexity index is 2840. The summed E-state index contributed by atoms with van der Waals surface area (Å²) in [5.41, 5.74) is 11.7. The van der Waals surface area contributed by atoms with E-state index < -0.39 is 0 Å². The SMILES string of the molecule is c1ccc(-c2cccc3c2sc2c(-c4ccccc4)cc(-c4cccc(-c5ccc6c(c5)c5ccccc5c5nccnc65)c4)cc23)cc1. The zero-order chi connectivity index (χ0) is 32.3. The van der Waals surface area contributed by atoms with E-state index in [-0.39, 0.29) is 0 Å². The van der Waals surface area contributed by atoms with Crippen LogP contribution in [0, 0.1) is 0 Å². The van der Waals surface area contributed by atoms with Gasteiger partial charge >= 0.3 is 0 Å². The summed E-state index contributed by atoms with van der Waals surface area (Å²) in [6.07, 6.45) is 3.57. The van der Waals surface area contributed by atoms with Crippen LogP contribution in [0.1, 0.15) is 0 Å². The Morgan fingerprint density at radius 1 is 0.306 bits per heavy atom. The molecule has 10 aromatic rings. The van der Waals surface area contributed by atoms with Gasteiger partial charge in [-0.05, 0) is 74.0 Å². The van der Waals surface area contributed by atoms with Gasteiger partial charge in [-0.15, -0.1) is 11.3 Å². The van der Waals surface area contributed by atoms with Gasteiger partial charge in [0.1, 0.15) is 0 Å². The highest BCUT2D eigenvalue weighted by Gasteiger charge is 2.17. The maximum atomic E-state index is 4.75. The predicted octanol–water partition coefficient (Wildman–Crippen LogP) is 13.0. The Morgan fingerprint density at radius 2 is 0.837 bits per heavy atom. The lowest BCUT2D eigenvalue weighted by atomic mass is 9.92. The molecule has 0 amide bonds. The predicted molar refractivity (Wildman–Crippen MR) is 209 cm³/mol. The molecule has 228 valence electrons. The first-order valence-corrected chi connectivity index (χ1v) is 17.4. The van der Waals surface area contributed by atoms with Crippen molar-refractivity contribution in [2.45, 2.75) is 0 Å². The molecule has 0 aliphatic rings. The molecule has 8 aromatic carbocycles. The molecule has 0 N–H and O–H groups in total. The first-order chi connectivity index (χ1) is 24.3. The third-order valence-electron chi connectivity index (χ3n) is 9.74. The van der Waals surface area contributed by atoms with Crippen LogP contribution in [-0.2, 0) is 0 Å². The Morgan fingerprint density at radius 3 is 1.59 bits per heavy atom. The van der Waals surface area contributed by atoms with Gasteiger partial charge in [0.2, 0.25) is 0 Å². The van der Waals surface area contributed by atoms with Crippen LogP contribution in [0.4, 0.5) is 0 Å². The van der Waals surface area contributed by atoms with E-state index in [9.17, 15) is 0 Å². The monoisotopic (exact) mass is 640 g/mol. The lowest BCUT2D eigenvalue weighted by molar-refractivity contribution is 1.31. The summed E-state index contributed by atoms with van der Waals surface area (Å²) >= 11 is 1.90. The van der Waals surface area contributed by atoms with E-state index in [1.165, 1.54) is 75.5 Å². The summed E-state index contributed by atoms with van der Waals surface area (Å²) in [5.74, 6) is 0. The van der Waals surface area contributed by atoms with Crippen molar-refractivity contribution in [2.24, 2.45) is 0 Å². The third-order valence-corrected chi connectivity index (χ3v) is 11.0. The number of fused-ring (bicyclic) bond motifs is 9. The summed E-state index contributed by atoms with van der Waals surface area (Å²) in [6.45, 7) is 0. The largest absolute Gasteiger partial charge is 0.252 e. The van der Waals surface area contributed by atoms with Crippen molar-refractivity contribution in [3.63, 3.8) is 0 Å². The first kappa shape index (κ1) is 27.9. The minimum Gasteiger partial charge on any atom is -0.252 e. The minimum absolute atomic E-state index is 0.941. The molecule has 3 heteroatoms. The standard InChI is InChI=1S/C46H28N2S/c1-3-11-29(12-4-1)35-19-10-20-39-42-28-34(27-40(46(42)49-45(35)39)30-13-5-2-6-14-30)32-16-9-15-31(25-32)33-21-22-38-41(26-33)36-17-7-8-18-37(36)43-44(38)48-24-23-47-43/h1-28H. The van der Waals surface area contributed by atoms with Crippen molar-refractivity contribution < 1.29 is 0 Å². The first-order valence-electron chi connectivity index (χ1n) is 16.6. The van der Waals surface area contributed by atoms with Gasteiger partial charge in [0.05, 0.1) is 11.0 Å². The van der Waals surface area contributed by atoms with E-state index in [2.05, 4.69) is 158 Å². The Labute approximate surface area is 287 Å². The fourth-order valence-corrected chi connectivity index (χ4v) is 8.79. The zero-order valence-electron chi connectivity index (χ0n) is 26.5. The third kappa shape index (κ3) is 4.55. The van der Waals surface area contributed by atoms with Gasteiger partial charge in [-0.1, -0.05) is 133 Å². The van der Waals surface area contributed by atoms with E-state index in [1.54, 1.807) is 12.4 Å². The van der Waals surface area contributed by atoms with Crippen LogP contribution in [0.15, 0.2) is 170 Å². The van der Waals surface area contributed by atoms with Crippen LogP contribution in [0.5, 0.6) is 0 Å². The van der Waals surface area contributed by atoms with Gasteiger partial charge in [-0.25, -0.2) is 0 Å². The molecule has 0 atom stereocenters. The summed E-state index contributed by atoms with van der Waals surface area (Å²) in [5, 5.41) is 7.24. The number of nitrogens with zero attached hydrogens (tertiary/aromatic N) is 2. The van der Waals surface area contributed by atoms with Gasteiger partial charge in [-0.3, -0.25) is 9.97 Å². The van der Waals surface area contributed by atoms with Crippen molar-refractivity contribution in [2.75, 3.05) is 0 Å². The van der Waals surface area contributed by atoms with Crippen molar-refractivity contribution in [1.82, 2.24) is 9.97 Å². The second kappa shape index (κ2) is 11.2. The molecule has 0 saturated heterocycles. The molecule has 0 unspecified atom stereocenters. The molecule has 2 aromatic heterocycles. The fourth-order valence-electron chi connectivity index (χ4n) is 7.43. The smallest absolute Gasteiger partial charge is 0.0971 e. The molecular formula is C46H28N2S. The highest BCUT2D eigenvalue weighted by atomic mass is 32.1. The second-order valence-electron chi connectivity index (χ2n) is 12.6. The summed E-state index contributed by atoms with van der Waals surface area (Å²) in [6, 6.07) is 57.3. The van der Waals surface area contributed by atoms with Gasteiger partial charge < -0.3 is 0 Å². The molecule has 0 spiro atoms. The quantitative estimate of drug-likeness (QED) is 0.179. The Kier molecular flexibility index (Phi) is 6.39. The van der Waals surface area contributed by atoms with E-state index in [0.717, 1.165) is 21.8 Å². The molecule has 49 heavy (non-hydrogen) atoms. The minimum atomic E-state index is 0.941. The van der Waals surface area contributed by atoms with Crippen LogP contribution < -0.4 is 0 Å². The molecule has 0 fully saturated rings. The number of hydrogen-bond acceptors (Lipinski definition) is 3. The molecule has 0 saturated carbocycles. The molecule has 0 bridgehead atoms. The van der Waals surface area contributed by atoms with Crippen LogP contribution >= 0.6 is 11.3 Å². The highest BCUT2D eigenvalue weighted by Crippen LogP contribution is 2.46. The molecule has 0 aliphatic heterocycles. The maximum Gasteiger partial charge on any atom is 0.0971 e. The van der Waals surface area contributed by atoms with Gasteiger partial charge in [0.25, 0.3) is 0 Å². The number of benzene rings is 8. The molecular weight excluding hydrogens is 613 g/mol. The molecule has 2 heterocycles. The number of hydrogen-bond donors (Lipinski definition) is 0. The van der Waals surface area contributed by atoms with E-state index >= 15 is 0 Å². The topological polar surface area (TPSA) is 25.8 Å². The number of aromatic nitrogens is 2. The second-order valence-corrected chi connectivity index (χ2v) is 13.6. The molecule has 10 rings (SSSR count). The van der Waals surface area contributed by atoms with Crippen LogP contribution in [0.25, 0.3) is 97.3 Å². The summed E-state index contributed by atoms with van der Waals surface area (Å²) < 4.78 is 2.65. The van der Waals surface area contributed by atoms with E-state index in [0.29, 0.717) is 0 Å².